The van der Waals surface area contributed by atoms with E-state index in [9.17, 15) is 9.18 Å². The molecule has 19 heavy (non-hydrogen) atoms. The van der Waals surface area contributed by atoms with E-state index in [0.717, 1.165) is 0 Å². The lowest BCUT2D eigenvalue weighted by molar-refractivity contribution is -0.118. The molecule has 1 heterocycles. The van der Waals surface area contributed by atoms with E-state index in [2.05, 4.69) is 21.2 Å². The lowest BCUT2D eigenvalue weighted by Crippen LogP contribution is -2.27. The highest BCUT2D eigenvalue weighted by Gasteiger charge is 2.21. The van der Waals surface area contributed by atoms with Gasteiger partial charge in [0.1, 0.15) is 16.2 Å². The molecule has 0 spiro atoms. The number of nitrogens with one attached hydrogen (secondary N) is 1. The van der Waals surface area contributed by atoms with Crippen molar-refractivity contribution in [2.24, 2.45) is 5.73 Å². The smallest absolute Gasteiger partial charge is 0.245 e. The Morgan fingerprint density at radius 3 is 2.74 bits per heavy atom. The predicted octanol–water partition coefficient (Wildman–Crippen LogP) is 3.94. The van der Waals surface area contributed by atoms with Crippen LogP contribution in [0.15, 0.2) is 34.8 Å². The minimum absolute atomic E-state index is 0.390. The topological polar surface area (TPSA) is 55.1 Å². The number of hydrogen-bond acceptors (Lipinski definition) is 3. The van der Waals surface area contributed by atoms with Crippen LogP contribution in [0.2, 0.25) is 4.34 Å². The Labute approximate surface area is 126 Å². The maximum absolute atomic E-state index is 13.1. The molecule has 0 aliphatic heterocycles. The van der Waals surface area contributed by atoms with E-state index in [0.29, 0.717) is 19.4 Å². The zero-order chi connectivity index (χ0) is 14.0. The first-order valence-corrected chi connectivity index (χ1v) is 7.22. The van der Waals surface area contributed by atoms with Crippen LogP contribution in [-0.4, -0.2) is 5.91 Å². The van der Waals surface area contributed by atoms with Crippen LogP contribution in [0.1, 0.15) is 10.9 Å². The third kappa shape index (κ3) is 3.46. The quantitative estimate of drug-likeness (QED) is 0.864. The van der Waals surface area contributed by atoms with E-state index >= 15 is 0 Å². The number of rotatable bonds is 4. The van der Waals surface area contributed by atoms with Gasteiger partial charge in [-0.05, 0) is 40.2 Å². The van der Waals surface area contributed by atoms with Crippen LogP contribution in [0, 0.1) is 5.82 Å². The number of anilines is 1. The largest absolute Gasteiger partial charge is 0.369 e. The van der Waals surface area contributed by atoms with E-state index < -0.39 is 17.8 Å². The molecule has 1 aromatic heterocycles. The van der Waals surface area contributed by atoms with Crippen LogP contribution in [-0.2, 0) is 4.79 Å². The maximum atomic E-state index is 13.1. The van der Waals surface area contributed by atoms with Gasteiger partial charge < -0.3 is 11.1 Å². The van der Waals surface area contributed by atoms with Crippen LogP contribution >= 0.6 is 38.9 Å². The van der Waals surface area contributed by atoms with Crippen LogP contribution in [0.25, 0.3) is 0 Å². The first kappa shape index (κ1) is 14.3. The van der Waals surface area contributed by atoms with Gasteiger partial charge in [-0.2, -0.15) is 0 Å². The molecule has 0 aliphatic rings. The molecule has 1 amide bonds. The molecule has 1 aromatic carbocycles. The minimum atomic E-state index is -0.754. The monoisotopic (exact) mass is 362 g/mol. The lowest BCUT2D eigenvalue weighted by atomic mass is 10.2. The van der Waals surface area contributed by atoms with Gasteiger partial charge in [-0.3, -0.25) is 4.79 Å². The van der Waals surface area contributed by atoms with E-state index in [1.54, 1.807) is 18.2 Å². The van der Waals surface area contributed by atoms with E-state index in [4.69, 9.17) is 17.3 Å². The second-order valence-corrected chi connectivity index (χ2v) is 6.30. The predicted molar refractivity (Wildman–Crippen MR) is 79.0 cm³/mol. The molecule has 1 unspecified atom stereocenters. The molecular formula is C12H9BrClFN2OS. The third-order valence-electron chi connectivity index (χ3n) is 2.37. The number of primary amides is 1. The number of nitrogens with two attached hydrogens (primary N) is 1. The second kappa shape index (κ2) is 5.90. The molecular weight excluding hydrogens is 355 g/mol. The van der Waals surface area contributed by atoms with Crippen molar-refractivity contribution in [2.45, 2.75) is 6.04 Å². The number of carbonyl (C=O) groups excluding carboxylic acids is 1. The average Bonchev–Trinajstić information content (AvgIpc) is 2.66. The summed E-state index contributed by atoms with van der Waals surface area (Å²) in [7, 11) is 0. The number of carbonyl (C=O) groups is 1. The molecule has 0 saturated heterocycles. The highest BCUT2D eigenvalue weighted by molar-refractivity contribution is 9.10. The molecule has 3 nitrogen and oxygen atoms in total. The van der Waals surface area contributed by atoms with E-state index in [1.165, 1.54) is 23.5 Å². The molecule has 0 fully saturated rings. The summed E-state index contributed by atoms with van der Waals surface area (Å²) >= 11 is 10.4. The van der Waals surface area contributed by atoms with Crippen molar-refractivity contribution >= 4 is 50.5 Å². The van der Waals surface area contributed by atoms with Gasteiger partial charge >= 0.3 is 0 Å². The van der Waals surface area contributed by atoms with Crippen molar-refractivity contribution in [1.82, 2.24) is 0 Å². The molecule has 0 bridgehead atoms. The van der Waals surface area contributed by atoms with Gasteiger partial charge in [-0.1, -0.05) is 17.7 Å². The fourth-order valence-corrected chi connectivity index (χ4v) is 3.33. The standard InChI is InChI=1S/C12H9BrClFN2OS/c13-8-5-9(19-11(8)14)10(12(16)18)17-7-3-1-2-6(15)4-7/h1-5,10,17H,(H2,16,18). The summed E-state index contributed by atoms with van der Waals surface area (Å²) in [4.78, 5) is 12.2. The highest BCUT2D eigenvalue weighted by Crippen LogP contribution is 2.36. The number of amides is 1. The van der Waals surface area contributed by atoms with Gasteiger partial charge in [-0.25, -0.2) is 4.39 Å². The summed E-state index contributed by atoms with van der Waals surface area (Å²) < 4.78 is 14.3. The normalized spacial score (nSPS) is 12.2. The molecule has 0 radical (unpaired) electrons. The number of benzene rings is 1. The summed E-state index contributed by atoms with van der Waals surface area (Å²) in [5, 5.41) is 2.89. The average molecular weight is 364 g/mol. The van der Waals surface area contributed by atoms with Crippen LogP contribution in [0.3, 0.4) is 0 Å². The Hall–Kier alpha value is -1.11. The fourth-order valence-electron chi connectivity index (χ4n) is 1.53. The van der Waals surface area contributed by atoms with Gasteiger partial charge in [0, 0.05) is 15.0 Å². The molecule has 3 N–H and O–H groups in total. The SMILES string of the molecule is NC(=O)C(Nc1cccc(F)c1)c1cc(Br)c(Cl)s1. The first-order chi connectivity index (χ1) is 8.97. The third-order valence-corrected chi connectivity index (χ3v) is 4.91. The zero-order valence-electron chi connectivity index (χ0n) is 9.49. The Morgan fingerprint density at radius 1 is 1.47 bits per heavy atom. The minimum Gasteiger partial charge on any atom is -0.369 e. The maximum Gasteiger partial charge on any atom is 0.245 e. The molecule has 2 aromatic rings. The molecule has 7 heteroatoms. The summed E-state index contributed by atoms with van der Waals surface area (Å²) in [5.74, 6) is -0.951. The van der Waals surface area contributed by atoms with Crippen LogP contribution in [0.5, 0.6) is 0 Å². The lowest BCUT2D eigenvalue weighted by Gasteiger charge is -2.15. The van der Waals surface area contributed by atoms with Crippen molar-refractivity contribution in [1.29, 1.82) is 0 Å². The summed E-state index contributed by atoms with van der Waals surface area (Å²) in [6, 6.07) is 6.78. The van der Waals surface area contributed by atoms with Crippen molar-refractivity contribution in [3.05, 3.63) is 49.8 Å². The van der Waals surface area contributed by atoms with E-state index in [-0.39, 0.29) is 0 Å². The van der Waals surface area contributed by atoms with Crippen molar-refractivity contribution in [3.8, 4) is 0 Å². The summed E-state index contributed by atoms with van der Waals surface area (Å²) in [6.07, 6.45) is 0. The molecule has 0 saturated carbocycles. The molecule has 1 atom stereocenters. The Morgan fingerprint density at radius 2 is 2.21 bits per heavy atom. The van der Waals surface area contributed by atoms with Crippen molar-refractivity contribution in [2.75, 3.05) is 5.32 Å². The van der Waals surface area contributed by atoms with Gasteiger partial charge in [0.2, 0.25) is 5.91 Å². The summed E-state index contributed by atoms with van der Waals surface area (Å²) in [5.41, 5.74) is 5.84. The van der Waals surface area contributed by atoms with Crippen molar-refractivity contribution in [3.63, 3.8) is 0 Å². The molecule has 2 rings (SSSR count). The van der Waals surface area contributed by atoms with Gasteiger partial charge in [-0.15, -0.1) is 11.3 Å². The van der Waals surface area contributed by atoms with Gasteiger partial charge in [0.05, 0.1) is 0 Å². The number of hydrogen-bond donors (Lipinski definition) is 2. The fraction of sp³-hybridized carbons (Fsp3) is 0.0833. The van der Waals surface area contributed by atoms with Gasteiger partial charge in [0.15, 0.2) is 0 Å². The number of thiophene rings is 1. The van der Waals surface area contributed by atoms with E-state index in [1.807, 2.05) is 0 Å². The zero-order valence-corrected chi connectivity index (χ0v) is 12.7. The summed E-state index contributed by atoms with van der Waals surface area (Å²) in [6.45, 7) is 0. The van der Waals surface area contributed by atoms with Crippen LogP contribution in [0.4, 0.5) is 10.1 Å². The Bertz CT molecular complexity index is 600. The molecule has 100 valence electrons. The second-order valence-electron chi connectivity index (χ2n) is 3.76. The molecule has 0 aliphatic carbocycles. The Kier molecular flexibility index (Phi) is 4.44. The van der Waals surface area contributed by atoms with Gasteiger partial charge in [0.25, 0.3) is 0 Å². The van der Waals surface area contributed by atoms with Crippen molar-refractivity contribution < 1.29 is 9.18 Å². The van der Waals surface area contributed by atoms with Crippen LogP contribution < -0.4 is 11.1 Å². The first-order valence-electron chi connectivity index (χ1n) is 5.23. The Balaban J connectivity index is 2.29. The number of halogens is 3. The highest BCUT2D eigenvalue weighted by atomic mass is 79.9.